The number of pyridine rings is 1. The number of H-pyrrole nitrogens is 1. The number of fused-ring (bicyclic) bond motifs is 1. The molecule has 1 aromatic carbocycles. The summed E-state index contributed by atoms with van der Waals surface area (Å²) in [5.41, 5.74) is 3.07. The van der Waals surface area contributed by atoms with Gasteiger partial charge in [0.15, 0.2) is 0 Å². The van der Waals surface area contributed by atoms with Gasteiger partial charge >= 0.3 is 0 Å². The summed E-state index contributed by atoms with van der Waals surface area (Å²) in [6.07, 6.45) is 6.34. The van der Waals surface area contributed by atoms with Crippen LogP contribution in [0, 0.1) is 0 Å². The van der Waals surface area contributed by atoms with Gasteiger partial charge in [0.1, 0.15) is 10.9 Å². The van der Waals surface area contributed by atoms with E-state index in [9.17, 15) is 4.79 Å². The number of likely N-dealkylation sites (tertiary alicyclic amines) is 1. The van der Waals surface area contributed by atoms with Crippen molar-refractivity contribution in [3.63, 3.8) is 0 Å². The molecule has 2 aromatic heterocycles. The summed E-state index contributed by atoms with van der Waals surface area (Å²) in [7, 11) is 1.66. The Morgan fingerprint density at radius 1 is 1.30 bits per heavy atom. The van der Waals surface area contributed by atoms with Crippen molar-refractivity contribution in [1.82, 2.24) is 14.9 Å². The first-order chi connectivity index (χ1) is 13.2. The maximum absolute atomic E-state index is 12.9. The zero-order valence-electron chi connectivity index (χ0n) is 15.2. The van der Waals surface area contributed by atoms with Crippen LogP contribution in [0.5, 0.6) is 5.75 Å². The molecule has 1 amide bonds. The summed E-state index contributed by atoms with van der Waals surface area (Å²) in [4.78, 5) is 22.4. The molecule has 0 saturated carbocycles. The molecule has 3 aromatic rings. The van der Waals surface area contributed by atoms with Crippen LogP contribution < -0.4 is 4.74 Å². The fourth-order valence-electron chi connectivity index (χ4n) is 3.81. The summed E-state index contributed by atoms with van der Waals surface area (Å²) in [6, 6.07) is 9.67. The molecule has 0 bridgehead atoms. The summed E-state index contributed by atoms with van der Waals surface area (Å²) < 4.78 is 5.39. The van der Waals surface area contributed by atoms with Gasteiger partial charge in [0.05, 0.1) is 7.11 Å². The average Bonchev–Trinajstić information content (AvgIpc) is 3.36. The molecule has 4 rings (SSSR count). The third kappa shape index (κ3) is 3.65. The van der Waals surface area contributed by atoms with E-state index in [4.69, 9.17) is 16.3 Å². The highest BCUT2D eigenvalue weighted by atomic mass is 35.5. The van der Waals surface area contributed by atoms with Crippen molar-refractivity contribution >= 4 is 28.4 Å². The fraction of sp³-hybridized carbons (Fsp3) is 0.333. The van der Waals surface area contributed by atoms with Crippen molar-refractivity contribution < 1.29 is 9.53 Å². The molecule has 0 unspecified atom stereocenters. The molecule has 3 heterocycles. The maximum Gasteiger partial charge on any atom is 0.223 e. The normalized spacial score (nSPS) is 15.3. The van der Waals surface area contributed by atoms with Crippen LogP contribution in [0.3, 0.4) is 0 Å². The Bertz CT molecular complexity index is 946. The molecule has 140 valence electrons. The van der Waals surface area contributed by atoms with E-state index in [1.807, 2.05) is 35.4 Å². The lowest BCUT2D eigenvalue weighted by Crippen LogP contribution is -2.29. The fourth-order valence-corrected chi connectivity index (χ4v) is 3.92. The molecule has 0 spiro atoms. The lowest BCUT2D eigenvalue weighted by Gasteiger charge is -2.21. The van der Waals surface area contributed by atoms with Crippen molar-refractivity contribution in [2.75, 3.05) is 20.2 Å². The molecule has 1 atom stereocenters. The SMILES string of the molecule is COc1ccc2[nH]cc([C@H](CC(=O)N3CCCC3)c3ccc(Cl)nc3)c2c1. The molecule has 0 aliphatic carbocycles. The standard InChI is InChI=1S/C21H22ClN3O2/c1-27-15-5-6-19-17(10-15)18(13-23-19)16(14-4-7-20(22)24-12-14)11-21(26)25-8-2-3-9-25/h4-7,10,12-13,16,23H,2-3,8-9,11H2,1H3/t16-/m1/s1. The molecule has 0 radical (unpaired) electrons. The van der Waals surface area contributed by atoms with Gasteiger partial charge < -0.3 is 14.6 Å². The van der Waals surface area contributed by atoms with E-state index in [1.165, 1.54) is 0 Å². The second kappa shape index (κ2) is 7.61. The van der Waals surface area contributed by atoms with Gasteiger partial charge in [-0.1, -0.05) is 17.7 Å². The molecule has 1 N–H and O–H groups in total. The number of amides is 1. The van der Waals surface area contributed by atoms with E-state index in [0.717, 1.165) is 53.7 Å². The minimum absolute atomic E-state index is 0.0938. The number of aromatic amines is 1. The number of nitrogens with zero attached hydrogens (tertiary/aromatic N) is 2. The van der Waals surface area contributed by atoms with Crippen LogP contribution in [0.25, 0.3) is 10.9 Å². The van der Waals surface area contributed by atoms with Crippen LogP contribution in [0.15, 0.2) is 42.7 Å². The van der Waals surface area contributed by atoms with Crippen LogP contribution in [-0.4, -0.2) is 41.0 Å². The molecule has 27 heavy (non-hydrogen) atoms. The van der Waals surface area contributed by atoms with Crippen LogP contribution >= 0.6 is 11.6 Å². The summed E-state index contributed by atoms with van der Waals surface area (Å²) in [6.45, 7) is 1.71. The highest BCUT2D eigenvalue weighted by Gasteiger charge is 2.26. The smallest absolute Gasteiger partial charge is 0.223 e. The number of carbonyl (C=O) groups excluding carboxylic acids is 1. The Labute approximate surface area is 163 Å². The van der Waals surface area contributed by atoms with E-state index >= 15 is 0 Å². The second-order valence-corrected chi connectivity index (χ2v) is 7.30. The molecule has 1 aliphatic rings. The van der Waals surface area contributed by atoms with Crippen LogP contribution in [0.1, 0.15) is 36.3 Å². The monoisotopic (exact) mass is 383 g/mol. The van der Waals surface area contributed by atoms with Crippen molar-refractivity contribution in [3.8, 4) is 5.75 Å². The topological polar surface area (TPSA) is 58.2 Å². The third-order valence-corrected chi connectivity index (χ3v) is 5.51. The zero-order valence-corrected chi connectivity index (χ0v) is 16.0. The Balaban J connectivity index is 1.75. The van der Waals surface area contributed by atoms with Gasteiger partial charge in [0.2, 0.25) is 5.91 Å². The van der Waals surface area contributed by atoms with E-state index in [-0.39, 0.29) is 11.8 Å². The minimum atomic E-state index is -0.0938. The molecular weight excluding hydrogens is 362 g/mol. The van der Waals surface area contributed by atoms with Crippen molar-refractivity contribution in [3.05, 3.63) is 59.0 Å². The third-order valence-electron chi connectivity index (χ3n) is 5.29. The van der Waals surface area contributed by atoms with E-state index in [2.05, 4.69) is 9.97 Å². The highest BCUT2D eigenvalue weighted by Crippen LogP contribution is 2.35. The number of benzene rings is 1. The van der Waals surface area contributed by atoms with Crippen LogP contribution in [0.2, 0.25) is 5.15 Å². The number of carbonyl (C=O) groups is 1. The molecule has 5 nitrogen and oxygen atoms in total. The minimum Gasteiger partial charge on any atom is -0.497 e. The lowest BCUT2D eigenvalue weighted by molar-refractivity contribution is -0.130. The Morgan fingerprint density at radius 2 is 2.11 bits per heavy atom. The first kappa shape index (κ1) is 17.9. The molecular formula is C21H22ClN3O2. The summed E-state index contributed by atoms with van der Waals surface area (Å²) in [5.74, 6) is 0.885. The number of nitrogens with one attached hydrogen (secondary N) is 1. The van der Waals surface area contributed by atoms with Gasteiger partial charge in [-0.15, -0.1) is 0 Å². The molecule has 6 heteroatoms. The number of halogens is 1. The van der Waals surface area contributed by atoms with Gasteiger partial charge in [-0.2, -0.15) is 0 Å². The Hall–Kier alpha value is -2.53. The zero-order chi connectivity index (χ0) is 18.8. The largest absolute Gasteiger partial charge is 0.497 e. The number of aromatic nitrogens is 2. The predicted octanol–water partition coefficient (Wildman–Crippen LogP) is 4.37. The summed E-state index contributed by atoms with van der Waals surface area (Å²) in [5, 5.41) is 1.51. The van der Waals surface area contributed by atoms with Gasteiger partial charge in [-0.3, -0.25) is 4.79 Å². The molecule has 1 aliphatic heterocycles. The highest BCUT2D eigenvalue weighted by molar-refractivity contribution is 6.29. The number of ether oxygens (including phenoxy) is 1. The van der Waals surface area contributed by atoms with E-state index in [1.54, 1.807) is 19.4 Å². The Kier molecular flexibility index (Phi) is 5.03. The van der Waals surface area contributed by atoms with Crippen LogP contribution in [-0.2, 0) is 4.79 Å². The number of hydrogen-bond acceptors (Lipinski definition) is 3. The first-order valence-electron chi connectivity index (χ1n) is 9.20. The van der Waals surface area contributed by atoms with Crippen molar-refractivity contribution in [2.24, 2.45) is 0 Å². The first-order valence-corrected chi connectivity index (χ1v) is 9.58. The second-order valence-electron chi connectivity index (χ2n) is 6.91. The Morgan fingerprint density at radius 3 is 2.81 bits per heavy atom. The van der Waals surface area contributed by atoms with Gasteiger partial charge in [-0.25, -0.2) is 4.98 Å². The average molecular weight is 384 g/mol. The van der Waals surface area contributed by atoms with E-state index in [0.29, 0.717) is 11.6 Å². The molecule has 1 fully saturated rings. The van der Waals surface area contributed by atoms with Gasteiger partial charge in [0.25, 0.3) is 0 Å². The van der Waals surface area contributed by atoms with Gasteiger partial charge in [-0.05, 0) is 48.2 Å². The summed E-state index contributed by atoms with van der Waals surface area (Å²) >= 11 is 5.98. The quantitative estimate of drug-likeness (QED) is 0.665. The number of hydrogen-bond donors (Lipinski definition) is 1. The van der Waals surface area contributed by atoms with E-state index < -0.39 is 0 Å². The van der Waals surface area contributed by atoms with Crippen molar-refractivity contribution in [1.29, 1.82) is 0 Å². The predicted molar refractivity (Wildman–Crippen MR) is 106 cm³/mol. The number of methoxy groups -OCH3 is 1. The van der Waals surface area contributed by atoms with Gasteiger partial charge in [0, 0.05) is 48.7 Å². The number of rotatable bonds is 5. The molecule has 1 saturated heterocycles. The van der Waals surface area contributed by atoms with Crippen molar-refractivity contribution in [2.45, 2.75) is 25.2 Å². The van der Waals surface area contributed by atoms with Crippen LogP contribution in [0.4, 0.5) is 0 Å². The maximum atomic E-state index is 12.9. The lowest BCUT2D eigenvalue weighted by atomic mass is 9.88.